The van der Waals surface area contributed by atoms with Gasteiger partial charge in [-0.05, 0) is 56.0 Å². The predicted octanol–water partition coefficient (Wildman–Crippen LogP) is 3.85. The highest BCUT2D eigenvalue weighted by Crippen LogP contribution is 2.19. The summed E-state index contributed by atoms with van der Waals surface area (Å²) in [4.78, 5) is 4.29. The van der Waals surface area contributed by atoms with Gasteiger partial charge >= 0.3 is 0 Å². The molecule has 0 unspecified atom stereocenters. The molecule has 0 aliphatic carbocycles. The maximum Gasteiger partial charge on any atom is 0.199 e. The number of hydrogen-bond donors (Lipinski definition) is 0. The first kappa shape index (κ1) is 18.4. The van der Waals surface area contributed by atoms with Crippen molar-refractivity contribution in [1.29, 1.82) is 0 Å². The largest absolute Gasteiger partial charge is 0.461 e. The SMILES string of the molecule is CCn1c(-c2ccco2)nn(CN(C)Cc2ccc(N(C)C)cc2)c1=S. The summed E-state index contributed by atoms with van der Waals surface area (Å²) in [5.41, 5.74) is 2.45. The van der Waals surface area contributed by atoms with Crippen LogP contribution in [-0.4, -0.2) is 40.4 Å². The monoisotopic (exact) mass is 371 g/mol. The molecule has 2 heterocycles. The molecule has 0 bridgehead atoms. The molecule has 2 aromatic heterocycles. The van der Waals surface area contributed by atoms with E-state index in [0.29, 0.717) is 11.4 Å². The molecular weight excluding hydrogens is 346 g/mol. The fourth-order valence-electron chi connectivity index (χ4n) is 2.90. The van der Waals surface area contributed by atoms with Crippen LogP contribution in [0.4, 0.5) is 5.69 Å². The lowest BCUT2D eigenvalue weighted by Gasteiger charge is -2.18. The number of benzene rings is 1. The molecule has 0 amide bonds. The van der Waals surface area contributed by atoms with Crippen molar-refractivity contribution < 1.29 is 4.42 Å². The maximum atomic E-state index is 5.60. The Labute approximate surface area is 159 Å². The Morgan fingerprint density at radius 1 is 1.12 bits per heavy atom. The van der Waals surface area contributed by atoms with Gasteiger partial charge in [-0.25, -0.2) is 4.68 Å². The van der Waals surface area contributed by atoms with Crippen LogP contribution in [0.25, 0.3) is 11.6 Å². The van der Waals surface area contributed by atoms with E-state index in [2.05, 4.69) is 53.1 Å². The third-order valence-electron chi connectivity index (χ3n) is 4.26. The first-order valence-electron chi connectivity index (χ1n) is 8.66. The smallest absolute Gasteiger partial charge is 0.199 e. The summed E-state index contributed by atoms with van der Waals surface area (Å²) in [6, 6.07) is 12.4. The first-order valence-corrected chi connectivity index (χ1v) is 9.06. The summed E-state index contributed by atoms with van der Waals surface area (Å²) in [6.45, 7) is 4.26. The Hall–Kier alpha value is -2.38. The molecule has 0 spiro atoms. The molecule has 0 N–H and O–H groups in total. The molecule has 0 aliphatic rings. The molecule has 0 aliphatic heterocycles. The second-order valence-electron chi connectivity index (χ2n) is 6.54. The molecule has 3 aromatic rings. The lowest BCUT2D eigenvalue weighted by Crippen LogP contribution is -2.22. The predicted molar refractivity (Wildman–Crippen MR) is 107 cm³/mol. The summed E-state index contributed by atoms with van der Waals surface area (Å²) < 4.78 is 10.0. The third kappa shape index (κ3) is 3.89. The molecule has 0 saturated heterocycles. The van der Waals surface area contributed by atoms with E-state index in [-0.39, 0.29) is 0 Å². The minimum atomic E-state index is 0.620. The zero-order chi connectivity index (χ0) is 18.7. The van der Waals surface area contributed by atoms with E-state index in [1.54, 1.807) is 6.26 Å². The standard InChI is InChI=1S/C19H25N5OS/c1-5-23-18(17-7-6-12-25-17)20-24(19(23)26)14-22(4)13-15-8-10-16(11-9-15)21(2)3/h6-12H,5,13-14H2,1-4H3. The van der Waals surface area contributed by atoms with Gasteiger partial charge in [-0.3, -0.25) is 9.47 Å². The number of aromatic nitrogens is 3. The van der Waals surface area contributed by atoms with Crippen molar-refractivity contribution in [2.45, 2.75) is 26.7 Å². The Morgan fingerprint density at radius 2 is 1.85 bits per heavy atom. The Morgan fingerprint density at radius 3 is 2.42 bits per heavy atom. The minimum absolute atomic E-state index is 0.620. The molecule has 0 atom stereocenters. The molecule has 0 radical (unpaired) electrons. The summed E-state index contributed by atoms with van der Waals surface area (Å²) in [7, 11) is 6.16. The Bertz CT molecular complexity index is 893. The van der Waals surface area contributed by atoms with Crippen molar-refractivity contribution in [3.63, 3.8) is 0 Å². The van der Waals surface area contributed by atoms with Crippen molar-refractivity contribution in [3.8, 4) is 11.6 Å². The van der Waals surface area contributed by atoms with Crippen LogP contribution < -0.4 is 4.90 Å². The average molecular weight is 372 g/mol. The second-order valence-corrected chi connectivity index (χ2v) is 6.91. The summed E-state index contributed by atoms with van der Waals surface area (Å²) in [6.07, 6.45) is 1.65. The van der Waals surface area contributed by atoms with Gasteiger partial charge in [0, 0.05) is 32.9 Å². The van der Waals surface area contributed by atoms with Gasteiger partial charge in [-0.15, -0.1) is 5.10 Å². The van der Waals surface area contributed by atoms with E-state index in [0.717, 1.165) is 24.7 Å². The fourth-order valence-corrected chi connectivity index (χ4v) is 3.21. The summed E-state index contributed by atoms with van der Waals surface area (Å²) >= 11 is 5.60. The van der Waals surface area contributed by atoms with E-state index in [4.69, 9.17) is 16.6 Å². The van der Waals surface area contributed by atoms with Crippen LogP contribution >= 0.6 is 12.2 Å². The highest BCUT2D eigenvalue weighted by molar-refractivity contribution is 7.71. The molecule has 6 nitrogen and oxygen atoms in total. The van der Waals surface area contributed by atoms with Crippen LogP contribution in [0, 0.1) is 4.77 Å². The zero-order valence-corrected chi connectivity index (χ0v) is 16.5. The van der Waals surface area contributed by atoms with Gasteiger partial charge in [0.05, 0.1) is 12.9 Å². The normalized spacial score (nSPS) is 11.3. The highest BCUT2D eigenvalue weighted by Gasteiger charge is 2.14. The quantitative estimate of drug-likeness (QED) is 0.590. The van der Waals surface area contributed by atoms with Crippen molar-refractivity contribution in [3.05, 3.63) is 53.0 Å². The lowest BCUT2D eigenvalue weighted by molar-refractivity contribution is 0.244. The van der Waals surface area contributed by atoms with Gasteiger partial charge in [0.15, 0.2) is 16.4 Å². The van der Waals surface area contributed by atoms with E-state index >= 15 is 0 Å². The maximum absolute atomic E-state index is 5.60. The van der Waals surface area contributed by atoms with Crippen molar-refractivity contribution in [1.82, 2.24) is 19.2 Å². The van der Waals surface area contributed by atoms with Crippen LogP contribution in [0.5, 0.6) is 0 Å². The number of nitrogens with zero attached hydrogens (tertiary/aromatic N) is 5. The van der Waals surface area contributed by atoms with E-state index < -0.39 is 0 Å². The number of furan rings is 1. The molecule has 7 heteroatoms. The van der Waals surface area contributed by atoms with Gasteiger partial charge in [0.2, 0.25) is 0 Å². The number of rotatable bonds is 7. The molecule has 1 aromatic carbocycles. The van der Waals surface area contributed by atoms with Crippen LogP contribution in [0.2, 0.25) is 0 Å². The molecule has 138 valence electrons. The molecular formula is C19H25N5OS. The lowest BCUT2D eigenvalue weighted by atomic mass is 10.2. The van der Waals surface area contributed by atoms with E-state index in [1.807, 2.05) is 35.5 Å². The summed E-state index contributed by atoms with van der Waals surface area (Å²) in [5.74, 6) is 1.50. The fraction of sp³-hybridized carbons (Fsp3) is 0.368. The van der Waals surface area contributed by atoms with Gasteiger partial charge in [0.25, 0.3) is 0 Å². The second kappa shape index (κ2) is 7.88. The average Bonchev–Trinajstić information content (AvgIpc) is 3.24. The van der Waals surface area contributed by atoms with Crippen LogP contribution in [0.3, 0.4) is 0 Å². The van der Waals surface area contributed by atoms with Crippen LogP contribution in [0.1, 0.15) is 12.5 Å². The van der Waals surface area contributed by atoms with Gasteiger partial charge in [-0.2, -0.15) is 0 Å². The third-order valence-corrected chi connectivity index (χ3v) is 4.69. The minimum Gasteiger partial charge on any atom is -0.461 e. The molecule has 0 saturated carbocycles. The van der Waals surface area contributed by atoms with Crippen molar-refractivity contribution in [2.24, 2.45) is 0 Å². The van der Waals surface area contributed by atoms with Gasteiger partial charge in [-0.1, -0.05) is 12.1 Å². The molecule has 3 rings (SSSR count). The summed E-state index contributed by atoms with van der Waals surface area (Å²) in [5, 5.41) is 4.68. The Balaban J connectivity index is 1.75. The van der Waals surface area contributed by atoms with Gasteiger partial charge < -0.3 is 9.32 Å². The number of anilines is 1. The topological polar surface area (TPSA) is 42.4 Å². The van der Waals surface area contributed by atoms with Crippen molar-refractivity contribution in [2.75, 3.05) is 26.0 Å². The number of hydrogen-bond acceptors (Lipinski definition) is 5. The molecule has 0 fully saturated rings. The van der Waals surface area contributed by atoms with Crippen LogP contribution in [0.15, 0.2) is 47.1 Å². The van der Waals surface area contributed by atoms with E-state index in [9.17, 15) is 0 Å². The van der Waals surface area contributed by atoms with E-state index in [1.165, 1.54) is 11.3 Å². The zero-order valence-electron chi connectivity index (χ0n) is 15.7. The first-order chi connectivity index (χ1) is 12.5. The Kier molecular flexibility index (Phi) is 5.58. The highest BCUT2D eigenvalue weighted by atomic mass is 32.1. The van der Waals surface area contributed by atoms with Crippen molar-refractivity contribution >= 4 is 17.9 Å². The molecule has 26 heavy (non-hydrogen) atoms. The van der Waals surface area contributed by atoms with Crippen LogP contribution in [-0.2, 0) is 19.8 Å². The van der Waals surface area contributed by atoms with Gasteiger partial charge in [0.1, 0.15) is 0 Å².